The number of halogens is 1. The number of amides is 2. The van der Waals surface area contributed by atoms with Gasteiger partial charge in [0.15, 0.2) is 0 Å². The summed E-state index contributed by atoms with van der Waals surface area (Å²) >= 11 is 6.40. The lowest BCUT2D eigenvalue weighted by atomic mass is 10.2. The van der Waals surface area contributed by atoms with Gasteiger partial charge < -0.3 is 25.2 Å². The van der Waals surface area contributed by atoms with Crippen molar-refractivity contribution in [3.05, 3.63) is 47.5 Å². The third kappa shape index (κ3) is 5.11. The Morgan fingerprint density at radius 1 is 1.06 bits per heavy atom. The molecule has 0 aliphatic carbocycles. The van der Waals surface area contributed by atoms with Gasteiger partial charge in [0.05, 0.1) is 23.9 Å². The van der Waals surface area contributed by atoms with Gasteiger partial charge in [0.2, 0.25) is 11.8 Å². The van der Waals surface area contributed by atoms with Crippen molar-refractivity contribution >= 4 is 46.2 Å². The molecule has 0 saturated carbocycles. The minimum absolute atomic E-state index is 0.0926. The molecule has 2 fully saturated rings. The maximum atomic E-state index is 12.6. The van der Waals surface area contributed by atoms with Crippen LogP contribution in [0, 0.1) is 0 Å². The van der Waals surface area contributed by atoms with Crippen LogP contribution in [0.1, 0.15) is 19.8 Å². The fraction of sp³-hybridized carbons (Fsp3) is 0.391. The Morgan fingerprint density at radius 3 is 2.42 bits per heavy atom. The second-order valence-corrected chi connectivity index (χ2v) is 8.22. The van der Waals surface area contributed by atoms with Gasteiger partial charge in [-0.25, -0.2) is 0 Å². The van der Waals surface area contributed by atoms with Crippen LogP contribution in [0.25, 0.3) is 0 Å². The van der Waals surface area contributed by atoms with Gasteiger partial charge in [-0.05, 0) is 55.8 Å². The van der Waals surface area contributed by atoms with Gasteiger partial charge in [0.1, 0.15) is 6.04 Å². The van der Waals surface area contributed by atoms with Crippen LogP contribution in [0.3, 0.4) is 0 Å². The first kappa shape index (κ1) is 21.5. The summed E-state index contributed by atoms with van der Waals surface area (Å²) in [6.45, 7) is 5.71. The Kier molecular flexibility index (Phi) is 6.63. The monoisotopic (exact) mass is 442 g/mol. The molecule has 0 aromatic heterocycles. The summed E-state index contributed by atoms with van der Waals surface area (Å²) in [6, 6.07) is 12.8. The van der Waals surface area contributed by atoms with Gasteiger partial charge >= 0.3 is 0 Å². The predicted molar refractivity (Wildman–Crippen MR) is 124 cm³/mol. The highest BCUT2D eigenvalue weighted by Crippen LogP contribution is 2.32. The van der Waals surface area contributed by atoms with Crippen LogP contribution in [-0.2, 0) is 14.3 Å². The number of anilines is 4. The normalized spacial score (nSPS) is 17.5. The first-order valence-corrected chi connectivity index (χ1v) is 11.0. The van der Waals surface area contributed by atoms with E-state index in [1.807, 2.05) is 36.4 Å². The zero-order valence-corrected chi connectivity index (χ0v) is 18.3. The van der Waals surface area contributed by atoms with Crippen molar-refractivity contribution in [3.63, 3.8) is 0 Å². The second kappa shape index (κ2) is 9.58. The first-order valence-electron chi connectivity index (χ1n) is 10.6. The molecular formula is C23H27ClN4O3. The molecule has 4 rings (SSSR count). The van der Waals surface area contributed by atoms with E-state index >= 15 is 0 Å². The minimum atomic E-state index is -0.464. The molecule has 2 aromatic rings. The van der Waals surface area contributed by atoms with Crippen molar-refractivity contribution < 1.29 is 14.3 Å². The number of ether oxygens (including phenoxy) is 1. The largest absolute Gasteiger partial charge is 0.378 e. The van der Waals surface area contributed by atoms with Crippen molar-refractivity contribution in [3.8, 4) is 0 Å². The molecule has 8 heteroatoms. The molecule has 2 aliphatic heterocycles. The number of nitrogens with zero attached hydrogens (tertiary/aromatic N) is 2. The highest BCUT2D eigenvalue weighted by molar-refractivity contribution is 6.34. The molecule has 0 spiro atoms. The zero-order chi connectivity index (χ0) is 21.8. The van der Waals surface area contributed by atoms with Gasteiger partial charge in [-0.1, -0.05) is 11.6 Å². The molecule has 7 nitrogen and oxygen atoms in total. The topological polar surface area (TPSA) is 73.9 Å². The summed E-state index contributed by atoms with van der Waals surface area (Å²) in [5, 5.41) is 6.60. The van der Waals surface area contributed by atoms with Gasteiger partial charge in [-0.15, -0.1) is 0 Å². The smallest absolute Gasteiger partial charge is 0.246 e. The van der Waals surface area contributed by atoms with E-state index in [0.717, 1.165) is 49.8 Å². The third-order valence-electron chi connectivity index (χ3n) is 5.60. The van der Waals surface area contributed by atoms with E-state index in [4.69, 9.17) is 16.3 Å². The van der Waals surface area contributed by atoms with E-state index in [-0.39, 0.29) is 11.8 Å². The maximum Gasteiger partial charge on any atom is 0.246 e. The zero-order valence-electron chi connectivity index (χ0n) is 17.6. The summed E-state index contributed by atoms with van der Waals surface area (Å²) < 4.78 is 5.39. The molecule has 2 heterocycles. The van der Waals surface area contributed by atoms with Gasteiger partial charge in [-0.2, -0.15) is 0 Å². The molecule has 2 amide bonds. The molecular weight excluding hydrogens is 416 g/mol. The summed E-state index contributed by atoms with van der Waals surface area (Å²) in [4.78, 5) is 28.6. The number of nitrogens with one attached hydrogen (secondary N) is 2. The van der Waals surface area contributed by atoms with Crippen molar-refractivity contribution in [2.24, 2.45) is 0 Å². The highest BCUT2D eigenvalue weighted by Gasteiger charge is 2.24. The lowest BCUT2D eigenvalue weighted by molar-refractivity contribution is -0.117. The molecule has 31 heavy (non-hydrogen) atoms. The second-order valence-electron chi connectivity index (χ2n) is 7.82. The molecule has 0 radical (unpaired) electrons. The predicted octanol–water partition coefficient (Wildman–Crippen LogP) is 3.74. The Hall–Kier alpha value is -2.77. The van der Waals surface area contributed by atoms with Gasteiger partial charge in [0, 0.05) is 43.1 Å². The van der Waals surface area contributed by atoms with Crippen LogP contribution in [-0.4, -0.2) is 50.7 Å². The van der Waals surface area contributed by atoms with E-state index in [1.54, 1.807) is 17.9 Å². The van der Waals surface area contributed by atoms with Crippen LogP contribution in [0.2, 0.25) is 5.02 Å². The average Bonchev–Trinajstić information content (AvgIpc) is 3.20. The molecule has 0 bridgehead atoms. The first-order chi connectivity index (χ1) is 15.0. The summed E-state index contributed by atoms with van der Waals surface area (Å²) in [6.07, 6.45) is 1.40. The van der Waals surface area contributed by atoms with E-state index in [1.165, 1.54) is 0 Å². The molecule has 1 atom stereocenters. The van der Waals surface area contributed by atoms with Gasteiger partial charge in [0.25, 0.3) is 0 Å². The van der Waals surface area contributed by atoms with Crippen molar-refractivity contribution in [1.29, 1.82) is 0 Å². The third-order valence-corrected chi connectivity index (χ3v) is 5.90. The number of benzene rings is 2. The lowest BCUT2D eigenvalue weighted by Crippen LogP contribution is -2.36. The highest BCUT2D eigenvalue weighted by atomic mass is 35.5. The van der Waals surface area contributed by atoms with Crippen molar-refractivity contribution in [2.75, 3.05) is 53.3 Å². The fourth-order valence-corrected chi connectivity index (χ4v) is 4.14. The average molecular weight is 443 g/mol. The van der Waals surface area contributed by atoms with Crippen LogP contribution < -0.4 is 20.4 Å². The van der Waals surface area contributed by atoms with Crippen molar-refractivity contribution in [2.45, 2.75) is 25.8 Å². The number of hydrogen-bond acceptors (Lipinski definition) is 5. The molecule has 2 saturated heterocycles. The Bertz CT molecular complexity index is 944. The van der Waals surface area contributed by atoms with Crippen LogP contribution in [0.5, 0.6) is 0 Å². The summed E-state index contributed by atoms with van der Waals surface area (Å²) in [5.41, 5.74) is 3.31. The molecule has 164 valence electrons. The summed E-state index contributed by atoms with van der Waals surface area (Å²) in [5.74, 6) is -0.0518. The molecule has 2 aliphatic rings. The molecule has 0 unspecified atom stereocenters. The Morgan fingerprint density at radius 2 is 1.77 bits per heavy atom. The van der Waals surface area contributed by atoms with Crippen LogP contribution >= 0.6 is 11.6 Å². The summed E-state index contributed by atoms with van der Waals surface area (Å²) in [7, 11) is 0. The van der Waals surface area contributed by atoms with E-state index in [9.17, 15) is 9.59 Å². The minimum Gasteiger partial charge on any atom is -0.378 e. The standard InChI is InChI=1S/C23H27ClN4O3/c1-16(25-18-6-9-21(20(24)15-18)28-10-2-3-22(28)29)23(30)26-17-4-7-19(8-5-17)27-11-13-31-14-12-27/h4-9,15-16,25H,2-3,10-14H2,1H3,(H,26,30)/t16-/m1/s1. The van der Waals surface area contributed by atoms with Gasteiger partial charge in [-0.3, -0.25) is 9.59 Å². The molecule has 2 N–H and O–H groups in total. The van der Waals surface area contributed by atoms with E-state index in [0.29, 0.717) is 23.7 Å². The Labute approximate surface area is 187 Å². The maximum absolute atomic E-state index is 12.6. The number of hydrogen-bond donors (Lipinski definition) is 2. The van der Waals surface area contributed by atoms with Crippen LogP contribution in [0.15, 0.2) is 42.5 Å². The molecule has 2 aromatic carbocycles. The van der Waals surface area contributed by atoms with E-state index in [2.05, 4.69) is 15.5 Å². The Balaban J connectivity index is 1.34. The number of rotatable bonds is 6. The van der Waals surface area contributed by atoms with Crippen molar-refractivity contribution in [1.82, 2.24) is 0 Å². The van der Waals surface area contributed by atoms with E-state index < -0.39 is 6.04 Å². The lowest BCUT2D eigenvalue weighted by Gasteiger charge is -2.29. The fourth-order valence-electron chi connectivity index (χ4n) is 3.86. The number of carbonyl (C=O) groups excluding carboxylic acids is 2. The van der Waals surface area contributed by atoms with Crippen LogP contribution in [0.4, 0.5) is 22.7 Å². The number of morpholine rings is 1. The SMILES string of the molecule is C[C@@H](Nc1ccc(N2CCCC2=O)c(Cl)c1)C(=O)Nc1ccc(N2CCOCC2)cc1. The number of carbonyl (C=O) groups is 2. The quantitative estimate of drug-likeness (QED) is 0.712.